The molecule has 37 heavy (non-hydrogen) atoms. The number of carbonyl (C=O) groups is 1. The minimum Gasteiger partial charge on any atom is -0.426 e. The Kier molecular flexibility index (Phi) is 12.6. The van der Waals surface area contributed by atoms with Crippen LogP contribution in [0.1, 0.15) is 110 Å². The molecule has 0 aliphatic heterocycles. The molecule has 0 amide bonds. The Balaban J connectivity index is 1.39. The lowest BCUT2D eigenvalue weighted by molar-refractivity contribution is -0.139. The van der Waals surface area contributed by atoms with Crippen LogP contribution >= 0.6 is 0 Å². The van der Waals surface area contributed by atoms with E-state index in [1.807, 2.05) is 36.7 Å². The molecular weight excluding hydrogens is 456 g/mol. The quantitative estimate of drug-likeness (QED) is 0.105. The molecule has 1 aliphatic rings. The van der Waals surface area contributed by atoms with Crippen LogP contribution in [0.5, 0.6) is 5.75 Å². The summed E-state index contributed by atoms with van der Waals surface area (Å²) in [4.78, 5) is 21.8. The highest BCUT2D eigenvalue weighted by Crippen LogP contribution is 2.28. The molecule has 4 nitrogen and oxygen atoms in total. The summed E-state index contributed by atoms with van der Waals surface area (Å²) in [5.74, 6) is 1.10. The predicted octanol–water partition coefficient (Wildman–Crippen LogP) is 9.21. The van der Waals surface area contributed by atoms with Gasteiger partial charge in [0.1, 0.15) is 5.75 Å². The molecule has 1 unspecified atom stereocenters. The van der Waals surface area contributed by atoms with E-state index in [0.717, 1.165) is 44.1 Å². The maximum absolute atomic E-state index is 12.7. The average molecular weight is 503 g/mol. The summed E-state index contributed by atoms with van der Waals surface area (Å²) in [5.41, 5.74) is 4.96. The Hall–Kier alpha value is -2.75. The molecule has 3 rings (SSSR count). The fourth-order valence-corrected chi connectivity index (χ4v) is 4.84. The fourth-order valence-electron chi connectivity index (χ4n) is 4.84. The Labute approximate surface area is 224 Å². The molecule has 0 saturated heterocycles. The van der Waals surface area contributed by atoms with Crippen LogP contribution in [0.3, 0.4) is 0 Å². The average Bonchev–Trinajstić information content (AvgIpc) is 2.91. The van der Waals surface area contributed by atoms with Gasteiger partial charge in [-0.05, 0) is 88.6 Å². The van der Waals surface area contributed by atoms with Crippen molar-refractivity contribution in [1.82, 2.24) is 9.97 Å². The molecule has 1 heterocycles. The van der Waals surface area contributed by atoms with Gasteiger partial charge < -0.3 is 4.74 Å². The molecule has 1 aromatic carbocycles. The van der Waals surface area contributed by atoms with Crippen molar-refractivity contribution < 1.29 is 9.53 Å². The van der Waals surface area contributed by atoms with E-state index in [1.54, 1.807) is 0 Å². The van der Waals surface area contributed by atoms with Gasteiger partial charge >= 0.3 is 5.97 Å². The molecule has 0 saturated carbocycles. The highest BCUT2D eigenvalue weighted by atomic mass is 16.5. The summed E-state index contributed by atoms with van der Waals surface area (Å²) in [6.45, 7) is 6.53. The summed E-state index contributed by atoms with van der Waals surface area (Å²) in [7, 11) is 0. The second-order valence-electron chi connectivity index (χ2n) is 10.7. The first-order chi connectivity index (χ1) is 18.0. The monoisotopic (exact) mass is 502 g/mol. The van der Waals surface area contributed by atoms with Gasteiger partial charge in [0, 0.05) is 18.0 Å². The number of benzene rings is 1. The van der Waals surface area contributed by atoms with E-state index in [9.17, 15) is 4.79 Å². The summed E-state index contributed by atoms with van der Waals surface area (Å²) in [5, 5.41) is 0. The van der Waals surface area contributed by atoms with Gasteiger partial charge in [-0.15, -0.1) is 0 Å². The van der Waals surface area contributed by atoms with E-state index in [1.165, 1.54) is 68.1 Å². The minimum atomic E-state index is -0.131. The van der Waals surface area contributed by atoms with Crippen LogP contribution in [0.25, 0.3) is 11.4 Å². The van der Waals surface area contributed by atoms with E-state index in [0.29, 0.717) is 11.6 Å². The number of aryl methyl sites for hydroxylation is 1. The van der Waals surface area contributed by atoms with Crippen molar-refractivity contribution in [3.63, 3.8) is 0 Å². The van der Waals surface area contributed by atoms with E-state index in [2.05, 4.69) is 42.9 Å². The number of hydrogen-bond donors (Lipinski definition) is 0. The van der Waals surface area contributed by atoms with E-state index in [-0.39, 0.29) is 11.9 Å². The number of rotatable bonds is 15. The van der Waals surface area contributed by atoms with Crippen LogP contribution in [-0.4, -0.2) is 15.9 Å². The van der Waals surface area contributed by atoms with Crippen molar-refractivity contribution in [2.45, 2.75) is 111 Å². The number of allylic oxidation sites excluding steroid dienone is 4. The predicted molar refractivity (Wildman–Crippen MR) is 154 cm³/mol. The fraction of sp³-hybridized carbons (Fsp3) is 0.545. The lowest BCUT2D eigenvalue weighted by Crippen LogP contribution is -2.22. The van der Waals surface area contributed by atoms with Gasteiger partial charge in [-0.3, -0.25) is 4.79 Å². The lowest BCUT2D eigenvalue weighted by atomic mass is 9.88. The van der Waals surface area contributed by atoms with Crippen LogP contribution in [-0.2, 0) is 11.2 Å². The van der Waals surface area contributed by atoms with Crippen LogP contribution in [0, 0.1) is 5.92 Å². The zero-order chi connectivity index (χ0) is 26.3. The number of carbonyl (C=O) groups excluding carboxylic acids is 1. The van der Waals surface area contributed by atoms with Crippen molar-refractivity contribution in [3.8, 4) is 17.1 Å². The number of ether oxygens (including phenoxy) is 1. The topological polar surface area (TPSA) is 52.1 Å². The smallest absolute Gasteiger partial charge is 0.314 e. The lowest BCUT2D eigenvalue weighted by Gasteiger charge is -2.20. The van der Waals surface area contributed by atoms with Crippen LogP contribution in [0.15, 0.2) is 60.0 Å². The molecule has 200 valence electrons. The zero-order valence-electron chi connectivity index (χ0n) is 23.3. The van der Waals surface area contributed by atoms with E-state index < -0.39 is 0 Å². The first-order valence-corrected chi connectivity index (χ1v) is 14.5. The molecule has 0 bridgehead atoms. The molecule has 2 aromatic rings. The van der Waals surface area contributed by atoms with Crippen molar-refractivity contribution in [2.24, 2.45) is 5.92 Å². The second kappa shape index (κ2) is 16.2. The summed E-state index contributed by atoms with van der Waals surface area (Å²) >= 11 is 0. The largest absolute Gasteiger partial charge is 0.426 e. The third-order valence-corrected chi connectivity index (χ3v) is 7.21. The second-order valence-corrected chi connectivity index (χ2v) is 10.7. The molecule has 0 fully saturated rings. The zero-order valence-corrected chi connectivity index (χ0v) is 23.3. The van der Waals surface area contributed by atoms with Gasteiger partial charge in [-0.1, -0.05) is 75.2 Å². The van der Waals surface area contributed by atoms with Crippen molar-refractivity contribution >= 4 is 5.97 Å². The molecule has 0 N–H and O–H groups in total. The minimum absolute atomic E-state index is 0.0520. The summed E-state index contributed by atoms with van der Waals surface area (Å²) in [6.07, 6.45) is 24.9. The van der Waals surface area contributed by atoms with Crippen LogP contribution < -0.4 is 4.74 Å². The van der Waals surface area contributed by atoms with Gasteiger partial charge in [0.25, 0.3) is 0 Å². The number of hydrogen-bond acceptors (Lipinski definition) is 4. The normalized spacial score (nSPS) is 15.2. The van der Waals surface area contributed by atoms with Gasteiger partial charge in [0.2, 0.25) is 0 Å². The van der Waals surface area contributed by atoms with E-state index >= 15 is 0 Å². The molecule has 1 atom stereocenters. The van der Waals surface area contributed by atoms with E-state index in [4.69, 9.17) is 4.74 Å². The maximum atomic E-state index is 12.7. The maximum Gasteiger partial charge on any atom is 0.314 e. The van der Waals surface area contributed by atoms with Crippen molar-refractivity contribution in [1.29, 1.82) is 0 Å². The Morgan fingerprint density at radius 3 is 2.24 bits per heavy atom. The Morgan fingerprint density at radius 2 is 1.62 bits per heavy atom. The number of nitrogens with zero attached hydrogens (tertiary/aromatic N) is 2. The van der Waals surface area contributed by atoms with Gasteiger partial charge in [-0.25, -0.2) is 9.97 Å². The van der Waals surface area contributed by atoms with Gasteiger partial charge in [0.15, 0.2) is 5.82 Å². The summed E-state index contributed by atoms with van der Waals surface area (Å²) < 4.78 is 5.68. The number of esters is 1. The molecule has 0 radical (unpaired) electrons. The molecule has 0 spiro atoms. The van der Waals surface area contributed by atoms with Crippen LogP contribution in [0.2, 0.25) is 0 Å². The first kappa shape index (κ1) is 28.8. The molecule has 1 aromatic heterocycles. The standard InChI is InChI=1S/C33H46N2O2/c1-4-5-6-7-8-9-10-11-14-28-24-34-32(35-25-28)29-20-22-31(23-21-29)37-33(36)30-18-16-27(17-19-30)15-12-13-26(2)3/h13,16,20-25,30H,4-12,14-15,17-19H2,1-3H3. The molecular formula is C33H46N2O2. The third kappa shape index (κ3) is 10.6. The highest BCUT2D eigenvalue weighted by molar-refractivity contribution is 5.75. The SMILES string of the molecule is CCCCCCCCCCc1cnc(-c2ccc(OC(=O)C3CC=C(CCC=C(C)C)CC3)cc2)nc1. The van der Waals surface area contributed by atoms with Gasteiger partial charge in [0.05, 0.1) is 5.92 Å². The highest BCUT2D eigenvalue weighted by Gasteiger charge is 2.23. The molecule has 1 aliphatic carbocycles. The summed E-state index contributed by atoms with van der Waals surface area (Å²) in [6, 6.07) is 7.54. The third-order valence-electron chi connectivity index (χ3n) is 7.21. The van der Waals surface area contributed by atoms with Crippen molar-refractivity contribution in [2.75, 3.05) is 0 Å². The first-order valence-electron chi connectivity index (χ1n) is 14.5. The number of unbranched alkanes of at least 4 members (excludes halogenated alkanes) is 7. The van der Waals surface area contributed by atoms with Crippen molar-refractivity contribution in [3.05, 3.63) is 65.5 Å². The number of aromatic nitrogens is 2. The Bertz CT molecular complexity index is 1000. The van der Waals surface area contributed by atoms with Gasteiger partial charge in [-0.2, -0.15) is 0 Å². The molecule has 4 heteroatoms. The Morgan fingerprint density at radius 1 is 0.946 bits per heavy atom. The van der Waals surface area contributed by atoms with Crippen LogP contribution in [0.4, 0.5) is 0 Å².